The van der Waals surface area contributed by atoms with Gasteiger partial charge in [-0.15, -0.1) is 0 Å². The normalized spacial score (nSPS) is 14.2. The molecule has 1 aliphatic rings. The second-order valence-electron chi connectivity index (χ2n) is 7.81. The Labute approximate surface area is 196 Å². The van der Waals surface area contributed by atoms with Crippen molar-refractivity contribution < 1.29 is 19.1 Å². The minimum Gasteiger partial charge on any atom is -0.497 e. The fraction of sp³-hybridized carbons (Fsp3) is 0.292. The summed E-state index contributed by atoms with van der Waals surface area (Å²) in [5.74, 6) is 0.497. The quantitative estimate of drug-likeness (QED) is 0.596. The number of halogens is 1. The lowest BCUT2D eigenvalue weighted by atomic mass is 9.96. The molecule has 0 unspecified atom stereocenters. The van der Waals surface area contributed by atoms with Gasteiger partial charge in [0.15, 0.2) is 0 Å². The summed E-state index contributed by atoms with van der Waals surface area (Å²) in [6.45, 7) is 0.892. The number of carbonyl (C=O) groups is 2. The summed E-state index contributed by atoms with van der Waals surface area (Å²) in [6, 6.07) is 14.4. The van der Waals surface area contributed by atoms with E-state index in [1.54, 1.807) is 48.1 Å². The van der Waals surface area contributed by atoms with Gasteiger partial charge >= 0.3 is 0 Å². The summed E-state index contributed by atoms with van der Waals surface area (Å²) in [5.41, 5.74) is 7.67. The first-order valence-corrected chi connectivity index (χ1v) is 11.0. The van der Waals surface area contributed by atoms with E-state index in [0.717, 1.165) is 0 Å². The van der Waals surface area contributed by atoms with Crippen LogP contribution in [0.2, 0.25) is 5.02 Å². The van der Waals surface area contributed by atoms with Crippen molar-refractivity contribution in [3.05, 3.63) is 59.2 Å². The number of benzene rings is 2. The molecule has 33 heavy (non-hydrogen) atoms. The molecule has 0 bridgehead atoms. The highest BCUT2D eigenvalue weighted by molar-refractivity contribution is 6.32. The number of rotatable bonds is 6. The zero-order valence-electron chi connectivity index (χ0n) is 18.5. The monoisotopic (exact) mass is 468 g/mol. The average Bonchev–Trinajstić information content (AvgIpc) is 3.28. The molecule has 0 aliphatic carbocycles. The Morgan fingerprint density at radius 3 is 2.42 bits per heavy atom. The van der Waals surface area contributed by atoms with Crippen LogP contribution < -0.4 is 15.2 Å². The van der Waals surface area contributed by atoms with E-state index in [4.69, 9.17) is 31.9 Å². The number of amides is 2. The summed E-state index contributed by atoms with van der Waals surface area (Å²) < 4.78 is 12.4. The van der Waals surface area contributed by atoms with Crippen molar-refractivity contribution in [2.75, 3.05) is 27.3 Å². The predicted octanol–water partition coefficient (Wildman–Crippen LogP) is 3.55. The molecule has 172 valence electrons. The Morgan fingerprint density at radius 2 is 1.79 bits per heavy atom. The van der Waals surface area contributed by atoms with E-state index < -0.39 is 0 Å². The largest absolute Gasteiger partial charge is 0.497 e. The minimum absolute atomic E-state index is 0.191. The van der Waals surface area contributed by atoms with Crippen molar-refractivity contribution in [3.8, 4) is 28.4 Å². The fourth-order valence-corrected chi connectivity index (χ4v) is 4.23. The lowest BCUT2D eigenvalue weighted by Crippen LogP contribution is -2.42. The van der Waals surface area contributed by atoms with Gasteiger partial charge in [-0.25, -0.2) is 4.68 Å². The number of aromatic nitrogens is 2. The van der Waals surface area contributed by atoms with Crippen molar-refractivity contribution in [2.24, 2.45) is 11.7 Å². The number of likely N-dealkylation sites (tertiary alicyclic amines) is 1. The van der Waals surface area contributed by atoms with Crippen LogP contribution in [-0.2, 0) is 4.79 Å². The van der Waals surface area contributed by atoms with Crippen molar-refractivity contribution in [1.29, 1.82) is 0 Å². The van der Waals surface area contributed by atoms with Crippen LogP contribution in [-0.4, -0.2) is 53.8 Å². The highest BCUT2D eigenvalue weighted by Crippen LogP contribution is 2.34. The molecule has 0 radical (unpaired) electrons. The molecule has 2 amide bonds. The zero-order valence-corrected chi connectivity index (χ0v) is 19.2. The Bertz CT molecular complexity index is 1180. The topological polar surface area (TPSA) is 99.7 Å². The van der Waals surface area contributed by atoms with Gasteiger partial charge in [-0.1, -0.05) is 23.7 Å². The molecule has 0 spiro atoms. The first-order valence-electron chi connectivity index (χ1n) is 10.6. The molecule has 4 rings (SSSR count). The molecule has 2 heterocycles. The number of hydrogen-bond donors (Lipinski definition) is 1. The summed E-state index contributed by atoms with van der Waals surface area (Å²) >= 11 is 6.45. The number of nitrogens with two attached hydrogens (primary N) is 1. The fourth-order valence-electron chi connectivity index (χ4n) is 4.01. The van der Waals surface area contributed by atoms with Gasteiger partial charge in [0.05, 0.1) is 30.6 Å². The maximum Gasteiger partial charge on any atom is 0.272 e. The van der Waals surface area contributed by atoms with Crippen LogP contribution in [0.3, 0.4) is 0 Å². The maximum absolute atomic E-state index is 13.5. The smallest absolute Gasteiger partial charge is 0.272 e. The van der Waals surface area contributed by atoms with Gasteiger partial charge in [-0.05, 0) is 43.2 Å². The highest BCUT2D eigenvalue weighted by atomic mass is 35.5. The third-order valence-corrected chi connectivity index (χ3v) is 6.20. The molecule has 0 atom stereocenters. The van der Waals surface area contributed by atoms with E-state index in [9.17, 15) is 9.59 Å². The number of ether oxygens (including phenoxy) is 2. The minimum atomic E-state index is -0.322. The van der Waals surface area contributed by atoms with Crippen LogP contribution in [0.25, 0.3) is 16.9 Å². The SMILES string of the molecule is COc1ccc(-c2cc(C(=O)N3CCC(C(N)=O)CC3)n(-c3ccccc3Cl)n2)c(OC)c1. The predicted molar refractivity (Wildman–Crippen MR) is 125 cm³/mol. The number of carbonyl (C=O) groups excluding carboxylic acids is 2. The Morgan fingerprint density at radius 1 is 1.06 bits per heavy atom. The van der Waals surface area contributed by atoms with Crippen LogP contribution >= 0.6 is 11.6 Å². The van der Waals surface area contributed by atoms with Crippen LogP contribution in [0.15, 0.2) is 48.5 Å². The Hall–Kier alpha value is -3.52. The maximum atomic E-state index is 13.5. The van der Waals surface area contributed by atoms with E-state index in [2.05, 4.69) is 0 Å². The molecule has 1 aliphatic heterocycles. The molecule has 1 aromatic heterocycles. The van der Waals surface area contributed by atoms with Gasteiger partial charge < -0.3 is 20.1 Å². The number of piperidine rings is 1. The van der Waals surface area contributed by atoms with E-state index in [-0.39, 0.29) is 17.7 Å². The highest BCUT2D eigenvalue weighted by Gasteiger charge is 2.29. The van der Waals surface area contributed by atoms with Gasteiger partial charge in [0.25, 0.3) is 5.91 Å². The number of para-hydroxylation sites is 1. The van der Waals surface area contributed by atoms with Gasteiger partial charge in [-0.3, -0.25) is 9.59 Å². The first kappa shape index (κ1) is 22.7. The first-order chi connectivity index (χ1) is 15.9. The van der Waals surface area contributed by atoms with Gasteiger partial charge in [0.2, 0.25) is 5.91 Å². The summed E-state index contributed by atoms with van der Waals surface area (Å²) in [7, 11) is 3.15. The summed E-state index contributed by atoms with van der Waals surface area (Å²) in [4.78, 5) is 26.8. The van der Waals surface area contributed by atoms with E-state index >= 15 is 0 Å². The molecule has 2 N–H and O–H groups in total. The van der Waals surface area contributed by atoms with E-state index in [0.29, 0.717) is 65.1 Å². The standard InChI is InChI=1S/C24H25ClN4O4/c1-32-16-7-8-17(22(13-16)33-2)19-14-21(29(27-19)20-6-4-3-5-18(20)25)24(31)28-11-9-15(10-12-28)23(26)30/h3-8,13-15H,9-12H2,1-2H3,(H2,26,30). The Kier molecular flexibility index (Phi) is 6.55. The van der Waals surface area contributed by atoms with Crippen LogP contribution in [0.1, 0.15) is 23.3 Å². The molecule has 1 saturated heterocycles. The van der Waals surface area contributed by atoms with Crippen LogP contribution in [0, 0.1) is 5.92 Å². The van der Waals surface area contributed by atoms with Crippen molar-refractivity contribution in [3.63, 3.8) is 0 Å². The molecule has 2 aromatic carbocycles. The molecule has 3 aromatic rings. The average molecular weight is 469 g/mol. The molecule has 9 heteroatoms. The van der Waals surface area contributed by atoms with Crippen molar-refractivity contribution >= 4 is 23.4 Å². The lowest BCUT2D eigenvalue weighted by molar-refractivity contribution is -0.123. The van der Waals surface area contributed by atoms with Gasteiger partial charge in [0.1, 0.15) is 17.2 Å². The third-order valence-electron chi connectivity index (χ3n) is 5.88. The van der Waals surface area contributed by atoms with Gasteiger partial charge in [-0.2, -0.15) is 5.10 Å². The summed E-state index contributed by atoms with van der Waals surface area (Å²) in [5, 5.41) is 5.19. The molecule has 0 saturated carbocycles. The van der Waals surface area contributed by atoms with E-state index in [1.165, 1.54) is 0 Å². The third kappa shape index (κ3) is 4.52. The molecule has 8 nitrogen and oxygen atoms in total. The number of hydrogen-bond acceptors (Lipinski definition) is 5. The van der Waals surface area contributed by atoms with Crippen molar-refractivity contribution in [2.45, 2.75) is 12.8 Å². The molecule has 1 fully saturated rings. The van der Waals surface area contributed by atoms with Gasteiger partial charge in [0, 0.05) is 30.6 Å². The lowest BCUT2D eigenvalue weighted by Gasteiger charge is -2.30. The zero-order chi connectivity index (χ0) is 23.5. The summed E-state index contributed by atoms with van der Waals surface area (Å²) in [6.07, 6.45) is 1.08. The second kappa shape index (κ2) is 9.54. The molecular formula is C24H25ClN4O4. The molecular weight excluding hydrogens is 444 g/mol. The van der Waals surface area contributed by atoms with Crippen LogP contribution in [0.4, 0.5) is 0 Å². The number of nitrogens with zero attached hydrogens (tertiary/aromatic N) is 3. The number of primary amides is 1. The number of methoxy groups -OCH3 is 2. The Balaban J connectivity index is 1.77. The van der Waals surface area contributed by atoms with Crippen molar-refractivity contribution in [1.82, 2.24) is 14.7 Å². The van der Waals surface area contributed by atoms with Crippen LogP contribution in [0.5, 0.6) is 11.5 Å². The van der Waals surface area contributed by atoms with E-state index in [1.807, 2.05) is 24.3 Å². The second-order valence-corrected chi connectivity index (χ2v) is 8.22.